The largest absolute Gasteiger partial charge is 0.456 e. The zero-order valence-corrected chi connectivity index (χ0v) is 16.2. The lowest BCUT2D eigenvalue weighted by atomic mass is 9.96. The number of aromatic amines is 1. The first kappa shape index (κ1) is 17.4. The van der Waals surface area contributed by atoms with Crippen LogP contribution in [0.25, 0.3) is 55.5 Å². The predicted molar refractivity (Wildman–Crippen MR) is 119 cm³/mol. The number of furan rings is 1. The van der Waals surface area contributed by atoms with E-state index in [0.717, 1.165) is 27.4 Å². The van der Waals surface area contributed by atoms with E-state index in [2.05, 4.69) is 11.1 Å². The number of halogens is 1. The number of nitrogens with one attached hydrogen (secondary N) is 1. The molecule has 146 valence electrons. The Kier molecular flexibility index (Phi) is 3.68. The lowest BCUT2D eigenvalue weighted by Gasteiger charge is -2.09. The maximum atomic E-state index is 14.8. The van der Waals surface area contributed by atoms with E-state index in [0.29, 0.717) is 33.7 Å². The number of hydrogen-bond acceptors (Lipinski definition) is 3. The van der Waals surface area contributed by atoms with E-state index in [-0.39, 0.29) is 5.82 Å². The Morgan fingerprint density at radius 1 is 0.806 bits per heavy atom. The molecular formula is C26H14FN3O. The van der Waals surface area contributed by atoms with Crippen molar-refractivity contribution in [3.63, 3.8) is 0 Å². The van der Waals surface area contributed by atoms with Gasteiger partial charge in [0, 0.05) is 21.9 Å². The molecule has 0 bridgehead atoms. The Labute approximate surface area is 176 Å². The fourth-order valence-corrected chi connectivity index (χ4v) is 4.07. The van der Waals surface area contributed by atoms with Gasteiger partial charge < -0.3 is 9.40 Å². The molecule has 5 heteroatoms. The SMILES string of the molecule is N#Cc1ccc2oc3cc(-c4nc5ccccc5[nH]4)c(-c4ccccc4F)cc3c2c1. The molecule has 0 saturated heterocycles. The summed E-state index contributed by atoms with van der Waals surface area (Å²) in [6.45, 7) is 0. The fraction of sp³-hybridized carbons (Fsp3) is 0. The Hall–Kier alpha value is -4.43. The van der Waals surface area contributed by atoms with Gasteiger partial charge in [0.2, 0.25) is 0 Å². The molecule has 6 rings (SSSR count). The van der Waals surface area contributed by atoms with Crippen molar-refractivity contribution in [1.82, 2.24) is 9.97 Å². The van der Waals surface area contributed by atoms with E-state index < -0.39 is 0 Å². The summed E-state index contributed by atoms with van der Waals surface area (Å²) in [4.78, 5) is 8.06. The molecule has 0 aliphatic heterocycles. The molecule has 0 saturated carbocycles. The molecule has 4 nitrogen and oxygen atoms in total. The lowest BCUT2D eigenvalue weighted by molar-refractivity contribution is 0.631. The summed E-state index contributed by atoms with van der Waals surface area (Å²) in [7, 11) is 0. The molecule has 0 fully saturated rings. The highest BCUT2D eigenvalue weighted by Crippen LogP contribution is 2.40. The number of imidazole rings is 1. The van der Waals surface area contributed by atoms with Crippen molar-refractivity contribution in [2.24, 2.45) is 0 Å². The van der Waals surface area contributed by atoms with Gasteiger partial charge in [0.1, 0.15) is 22.8 Å². The second-order valence-electron chi connectivity index (χ2n) is 7.40. The highest BCUT2D eigenvalue weighted by Gasteiger charge is 2.18. The van der Waals surface area contributed by atoms with Crippen LogP contribution >= 0.6 is 0 Å². The zero-order valence-electron chi connectivity index (χ0n) is 16.2. The van der Waals surface area contributed by atoms with Crippen molar-refractivity contribution >= 4 is 33.0 Å². The van der Waals surface area contributed by atoms with Crippen LogP contribution in [0.5, 0.6) is 0 Å². The lowest BCUT2D eigenvalue weighted by Crippen LogP contribution is -1.90. The predicted octanol–water partition coefficient (Wildman–Crippen LogP) is 6.81. The first-order valence-corrected chi connectivity index (χ1v) is 9.82. The van der Waals surface area contributed by atoms with E-state index >= 15 is 0 Å². The van der Waals surface area contributed by atoms with E-state index in [9.17, 15) is 9.65 Å². The van der Waals surface area contributed by atoms with Crippen LogP contribution in [0.15, 0.2) is 83.3 Å². The van der Waals surface area contributed by atoms with Gasteiger partial charge in [-0.25, -0.2) is 9.37 Å². The Balaban J connectivity index is 1.72. The number of aromatic nitrogens is 2. The smallest absolute Gasteiger partial charge is 0.139 e. The second-order valence-corrected chi connectivity index (χ2v) is 7.40. The third-order valence-corrected chi connectivity index (χ3v) is 5.55. The van der Waals surface area contributed by atoms with Crippen LogP contribution in [0.4, 0.5) is 4.39 Å². The van der Waals surface area contributed by atoms with Crippen LogP contribution < -0.4 is 0 Å². The standard InChI is InChI=1S/C26H14FN3O/c27-21-6-2-1-5-16(21)17-12-19-18-11-15(14-28)9-10-24(18)31-25(19)13-20(17)26-29-22-7-3-4-8-23(22)30-26/h1-13H,(H,29,30). The quantitative estimate of drug-likeness (QED) is 0.345. The number of nitriles is 1. The molecule has 0 radical (unpaired) electrons. The summed E-state index contributed by atoms with van der Waals surface area (Å²) >= 11 is 0. The molecule has 0 spiro atoms. The maximum absolute atomic E-state index is 14.8. The minimum absolute atomic E-state index is 0.315. The van der Waals surface area contributed by atoms with Gasteiger partial charge in [-0.05, 0) is 54.1 Å². The first-order chi connectivity index (χ1) is 15.2. The summed E-state index contributed by atoms with van der Waals surface area (Å²) < 4.78 is 20.9. The van der Waals surface area contributed by atoms with Crippen LogP contribution in [0, 0.1) is 17.1 Å². The van der Waals surface area contributed by atoms with Crippen LogP contribution in [-0.4, -0.2) is 9.97 Å². The van der Waals surface area contributed by atoms with Crippen LogP contribution in [0.2, 0.25) is 0 Å². The zero-order chi connectivity index (χ0) is 20.9. The first-order valence-electron chi connectivity index (χ1n) is 9.82. The summed E-state index contributed by atoms with van der Waals surface area (Å²) in [5, 5.41) is 10.9. The van der Waals surface area contributed by atoms with Crippen LogP contribution in [0.3, 0.4) is 0 Å². The summed E-state index contributed by atoms with van der Waals surface area (Å²) in [5.74, 6) is 0.323. The minimum atomic E-state index is -0.315. The summed E-state index contributed by atoms with van der Waals surface area (Å²) in [6, 6.07) is 25.7. The molecule has 6 aromatic rings. The van der Waals surface area contributed by atoms with E-state index in [4.69, 9.17) is 9.40 Å². The Morgan fingerprint density at radius 2 is 1.61 bits per heavy atom. The van der Waals surface area contributed by atoms with Crippen molar-refractivity contribution in [3.05, 3.63) is 90.2 Å². The fourth-order valence-electron chi connectivity index (χ4n) is 4.07. The van der Waals surface area contributed by atoms with Gasteiger partial charge in [-0.2, -0.15) is 5.26 Å². The number of hydrogen-bond donors (Lipinski definition) is 1. The van der Waals surface area contributed by atoms with Gasteiger partial charge in [-0.3, -0.25) is 0 Å². The normalized spacial score (nSPS) is 11.4. The molecule has 0 amide bonds. The number of nitrogens with zero attached hydrogens (tertiary/aromatic N) is 2. The van der Waals surface area contributed by atoms with Gasteiger partial charge in [0.15, 0.2) is 0 Å². The van der Waals surface area contributed by atoms with Crippen molar-refractivity contribution in [3.8, 4) is 28.6 Å². The monoisotopic (exact) mass is 403 g/mol. The molecule has 0 aliphatic carbocycles. The number of H-pyrrole nitrogens is 1. The van der Waals surface area contributed by atoms with Crippen LogP contribution in [-0.2, 0) is 0 Å². The molecule has 0 aliphatic rings. The van der Waals surface area contributed by atoms with Crippen molar-refractivity contribution in [1.29, 1.82) is 5.26 Å². The van der Waals surface area contributed by atoms with Gasteiger partial charge >= 0.3 is 0 Å². The molecule has 2 aromatic heterocycles. The average molecular weight is 403 g/mol. The third kappa shape index (κ3) is 2.70. The Bertz CT molecular complexity index is 1640. The third-order valence-electron chi connectivity index (χ3n) is 5.55. The van der Waals surface area contributed by atoms with Gasteiger partial charge in [0.25, 0.3) is 0 Å². The minimum Gasteiger partial charge on any atom is -0.456 e. The summed E-state index contributed by atoms with van der Waals surface area (Å²) in [5.41, 5.74) is 5.54. The van der Waals surface area contributed by atoms with Crippen molar-refractivity contribution < 1.29 is 8.81 Å². The van der Waals surface area contributed by atoms with Gasteiger partial charge in [-0.15, -0.1) is 0 Å². The highest BCUT2D eigenvalue weighted by molar-refractivity contribution is 6.09. The van der Waals surface area contributed by atoms with E-state index in [1.807, 2.05) is 42.5 Å². The van der Waals surface area contributed by atoms with Gasteiger partial charge in [-0.1, -0.05) is 30.3 Å². The molecule has 1 N–H and O–H groups in total. The van der Waals surface area contributed by atoms with E-state index in [1.165, 1.54) is 6.07 Å². The maximum Gasteiger partial charge on any atom is 0.139 e. The Morgan fingerprint density at radius 3 is 2.45 bits per heavy atom. The second kappa shape index (κ2) is 6.54. The molecule has 0 atom stereocenters. The highest BCUT2D eigenvalue weighted by atomic mass is 19.1. The average Bonchev–Trinajstić information content (AvgIpc) is 3.39. The number of rotatable bonds is 2. The van der Waals surface area contributed by atoms with Crippen LogP contribution in [0.1, 0.15) is 5.56 Å². The molecule has 31 heavy (non-hydrogen) atoms. The van der Waals surface area contributed by atoms with Crippen molar-refractivity contribution in [2.45, 2.75) is 0 Å². The van der Waals surface area contributed by atoms with Gasteiger partial charge in [0.05, 0.1) is 22.7 Å². The van der Waals surface area contributed by atoms with Crippen molar-refractivity contribution in [2.75, 3.05) is 0 Å². The van der Waals surface area contributed by atoms with E-state index in [1.54, 1.807) is 30.3 Å². The molecule has 4 aromatic carbocycles. The molecule has 0 unspecified atom stereocenters. The molecular weight excluding hydrogens is 389 g/mol. The number of benzene rings is 4. The number of fused-ring (bicyclic) bond motifs is 4. The molecule has 2 heterocycles. The summed E-state index contributed by atoms with van der Waals surface area (Å²) in [6.07, 6.45) is 0. The number of para-hydroxylation sites is 2. The topological polar surface area (TPSA) is 65.6 Å².